The molecule has 0 unspecified atom stereocenters. The van der Waals surface area contributed by atoms with Crippen LogP contribution in [0.5, 0.6) is 0 Å². The fourth-order valence-electron chi connectivity index (χ4n) is 1.21. The Morgan fingerprint density at radius 3 is 2.62 bits per heavy atom. The van der Waals surface area contributed by atoms with E-state index in [0.717, 1.165) is 5.69 Å². The normalized spacial score (nSPS) is 9.94. The number of nitrogens with two attached hydrogens (primary N) is 1. The number of hydrazine groups is 1. The Kier molecular flexibility index (Phi) is 5.08. The third-order valence-electron chi connectivity index (χ3n) is 2.02. The number of anilines is 1. The van der Waals surface area contributed by atoms with E-state index in [1.165, 1.54) is 5.01 Å². The van der Waals surface area contributed by atoms with Gasteiger partial charge in [-0.3, -0.25) is 4.79 Å². The molecule has 5 heteroatoms. The summed E-state index contributed by atoms with van der Waals surface area (Å²) >= 11 is 5.75. The van der Waals surface area contributed by atoms with E-state index in [9.17, 15) is 4.79 Å². The van der Waals surface area contributed by atoms with Gasteiger partial charge in [0.05, 0.1) is 18.7 Å². The molecule has 0 radical (unpaired) electrons. The maximum Gasteiger partial charge on any atom is 0.307 e. The molecule has 0 aromatic heterocycles. The summed E-state index contributed by atoms with van der Waals surface area (Å²) in [5.74, 6) is 5.53. The van der Waals surface area contributed by atoms with Crippen LogP contribution >= 0.6 is 11.6 Å². The Morgan fingerprint density at radius 1 is 1.44 bits per heavy atom. The highest BCUT2D eigenvalue weighted by Gasteiger charge is 2.06. The molecule has 4 nitrogen and oxygen atoms in total. The van der Waals surface area contributed by atoms with Gasteiger partial charge in [-0.15, -0.1) is 0 Å². The lowest BCUT2D eigenvalue weighted by molar-refractivity contribution is -0.142. The van der Waals surface area contributed by atoms with Crippen LogP contribution in [0.2, 0.25) is 5.02 Å². The minimum atomic E-state index is -0.244. The van der Waals surface area contributed by atoms with Gasteiger partial charge in [0.1, 0.15) is 0 Å². The van der Waals surface area contributed by atoms with Gasteiger partial charge in [-0.25, -0.2) is 5.84 Å². The molecule has 0 bridgehead atoms. The molecule has 1 rings (SSSR count). The Labute approximate surface area is 99.9 Å². The molecule has 0 fully saturated rings. The Bertz CT molecular complexity index is 340. The molecule has 0 atom stereocenters. The molecule has 16 heavy (non-hydrogen) atoms. The van der Waals surface area contributed by atoms with Crippen molar-refractivity contribution in [2.75, 3.05) is 18.2 Å². The minimum Gasteiger partial charge on any atom is -0.466 e. The predicted molar refractivity (Wildman–Crippen MR) is 64.2 cm³/mol. The van der Waals surface area contributed by atoms with Crippen LogP contribution in [0.15, 0.2) is 24.3 Å². The van der Waals surface area contributed by atoms with E-state index in [1.807, 2.05) is 0 Å². The van der Waals surface area contributed by atoms with Crippen molar-refractivity contribution in [1.82, 2.24) is 0 Å². The first-order chi connectivity index (χ1) is 7.63. The van der Waals surface area contributed by atoms with Gasteiger partial charge in [0.2, 0.25) is 0 Å². The van der Waals surface area contributed by atoms with Crippen LogP contribution in [0.1, 0.15) is 13.3 Å². The first-order valence-corrected chi connectivity index (χ1v) is 5.44. The number of hydrogen-bond donors (Lipinski definition) is 1. The summed E-state index contributed by atoms with van der Waals surface area (Å²) in [6, 6.07) is 7.10. The second-order valence-electron chi connectivity index (χ2n) is 3.22. The van der Waals surface area contributed by atoms with Crippen molar-refractivity contribution in [1.29, 1.82) is 0 Å². The van der Waals surface area contributed by atoms with Gasteiger partial charge in [0.25, 0.3) is 0 Å². The predicted octanol–water partition coefficient (Wildman–Crippen LogP) is 1.97. The number of ether oxygens (including phenoxy) is 1. The molecule has 0 aliphatic carbocycles. The van der Waals surface area contributed by atoms with Gasteiger partial charge in [0, 0.05) is 11.6 Å². The van der Waals surface area contributed by atoms with E-state index in [-0.39, 0.29) is 12.4 Å². The smallest absolute Gasteiger partial charge is 0.307 e. The largest absolute Gasteiger partial charge is 0.466 e. The van der Waals surface area contributed by atoms with E-state index < -0.39 is 0 Å². The van der Waals surface area contributed by atoms with E-state index in [4.69, 9.17) is 22.2 Å². The minimum absolute atomic E-state index is 0.244. The molecule has 88 valence electrons. The maximum atomic E-state index is 11.1. The fourth-order valence-corrected chi connectivity index (χ4v) is 1.33. The van der Waals surface area contributed by atoms with Crippen LogP contribution in [0.4, 0.5) is 5.69 Å². The molecule has 0 aliphatic heterocycles. The van der Waals surface area contributed by atoms with Crippen LogP contribution in [0.3, 0.4) is 0 Å². The lowest BCUT2D eigenvalue weighted by atomic mass is 10.3. The summed E-state index contributed by atoms with van der Waals surface area (Å²) in [6.07, 6.45) is 0.271. The highest BCUT2D eigenvalue weighted by atomic mass is 35.5. The lowest BCUT2D eigenvalue weighted by Crippen LogP contribution is -2.33. The van der Waals surface area contributed by atoms with Crippen molar-refractivity contribution >= 4 is 23.3 Å². The number of carbonyl (C=O) groups excluding carboxylic acids is 1. The van der Waals surface area contributed by atoms with Crippen LogP contribution in [0, 0.1) is 0 Å². The van der Waals surface area contributed by atoms with E-state index >= 15 is 0 Å². The van der Waals surface area contributed by atoms with E-state index in [1.54, 1.807) is 31.2 Å². The number of nitrogens with zero attached hydrogens (tertiary/aromatic N) is 1. The van der Waals surface area contributed by atoms with Crippen LogP contribution in [-0.2, 0) is 9.53 Å². The topological polar surface area (TPSA) is 55.6 Å². The van der Waals surface area contributed by atoms with E-state index in [2.05, 4.69) is 0 Å². The average molecular weight is 243 g/mol. The summed E-state index contributed by atoms with van der Waals surface area (Å²) in [5.41, 5.74) is 0.814. The Balaban J connectivity index is 2.43. The average Bonchev–Trinajstić information content (AvgIpc) is 2.27. The first-order valence-electron chi connectivity index (χ1n) is 5.07. The number of halogens is 1. The zero-order valence-corrected chi connectivity index (χ0v) is 9.91. The quantitative estimate of drug-likeness (QED) is 0.487. The van der Waals surface area contributed by atoms with Crippen molar-refractivity contribution in [3.05, 3.63) is 29.3 Å². The molecule has 0 heterocycles. The SMILES string of the molecule is CCOC(=O)CCN(N)c1ccc(Cl)cc1. The van der Waals surface area contributed by atoms with Crippen LogP contribution in [0.25, 0.3) is 0 Å². The fraction of sp³-hybridized carbons (Fsp3) is 0.364. The van der Waals surface area contributed by atoms with Crippen LogP contribution < -0.4 is 10.9 Å². The molecule has 0 amide bonds. The molecule has 2 N–H and O–H groups in total. The van der Waals surface area contributed by atoms with Gasteiger partial charge in [-0.05, 0) is 31.2 Å². The molecule has 1 aromatic rings. The number of benzene rings is 1. The summed E-state index contributed by atoms with van der Waals surface area (Å²) in [7, 11) is 0. The number of carbonyl (C=O) groups is 1. The number of rotatable bonds is 5. The first kappa shape index (κ1) is 12.8. The van der Waals surface area contributed by atoms with Gasteiger partial charge in [-0.2, -0.15) is 0 Å². The van der Waals surface area contributed by atoms with Crippen molar-refractivity contribution in [2.24, 2.45) is 5.84 Å². The molecule has 0 aliphatic rings. The van der Waals surface area contributed by atoms with Gasteiger partial charge in [-0.1, -0.05) is 11.6 Å². The zero-order chi connectivity index (χ0) is 12.0. The summed E-state index contributed by atoms with van der Waals surface area (Å²) in [5, 5.41) is 2.15. The Morgan fingerprint density at radius 2 is 2.06 bits per heavy atom. The zero-order valence-electron chi connectivity index (χ0n) is 9.15. The summed E-state index contributed by atoms with van der Waals surface area (Å²) in [6.45, 7) is 2.59. The van der Waals surface area contributed by atoms with Gasteiger partial charge >= 0.3 is 5.97 Å². The maximum absolute atomic E-state index is 11.1. The van der Waals surface area contributed by atoms with Crippen molar-refractivity contribution < 1.29 is 9.53 Å². The number of hydrogen-bond acceptors (Lipinski definition) is 4. The van der Waals surface area contributed by atoms with Crippen molar-refractivity contribution in [3.63, 3.8) is 0 Å². The monoisotopic (exact) mass is 242 g/mol. The summed E-state index contributed by atoms with van der Waals surface area (Å²) in [4.78, 5) is 11.1. The summed E-state index contributed by atoms with van der Waals surface area (Å²) < 4.78 is 4.80. The molecular weight excluding hydrogens is 228 g/mol. The molecule has 0 saturated heterocycles. The van der Waals surface area contributed by atoms with Crippen molar-refractivity contribution in [2.45, 2.75) is 13.3 Å². The third-order valence-corrected chi connectivity index (χ3v) is 2.27. The number of esters is 1. The third kappa shape index (κ3) is 4.08. The Hall–Kier alpha value is -1.26. The highest BCUT2D eigenvalue weighted by Crippen LogP contribution is 2.15. The van der Waals surface area contributed by atoms with E-state index in [0.29, 0.717) is 18.2 Å². The molecule has 0 saturated carbocycles. The highest BCUT2D eigenvalue weighted by molar-refractivity contribution is 6.30. The molecular formula is C11H15ClN2O2. The molecule has 1 aromatic carbocycles. The molecule has 0 spiro atoms. The van der Waals surface area contributed by atoms with Gasteiger partial charge in [0.15, 0.2) is 0 Å². The lowest BCUT2D eigenvalue weighted by Gasteiger charge is -2.17. The second-order valence-corrected chi connectivity index (χ2v) is 3.66. The van der Waals surface area contributed by atoms with Gasteiger partial charge < -0.3 is 9.75 Å². The van der Waals surface area contributed by atoms with Crippen molar-refractivity contribution in [3.8, 4) is 0 Å². The second kappa shape index (κ2) is 6.35. The standard InChI is InChI=1S/C11H15ClN2O2/c1-2-16-11(15)7-8-14(13)10-5-3-9(12)4-6-10/h3-6H,2,7-8,13H2,1H3. The van der Waals surface area contributed by atoms with Crippen LogP contribution in [-0.4, -0.2) is 19.1 Å².